The third-order valence-corrected chi connectivity index (χ3v) is 11.1. The quantitative estimate of drug-likeness (QED) is 0.0953. The van der Waals surface area contributed by atoms with Crippen molar-refractivity contribution in [1.82, 2.24) is 29.4 Å². The molecule has 1 aromatic carbocycles. The van der Waals surface area contributed by atoms with Gasteiger partial charge in [-0.05, 0) is 102 Å². The van der Waals surface area contributed by atoms with Crippen LogP contribution in [0.3, 0.4) is 0 Å². The van der Waals surface area contributed by atoms with Crippen molar-refractivity contribution in [3.05, 3.63) is 83.1 Å². The topological polar surface area (TPSA) is 209 Å². The molecule has 1 aromatic heterocycles. The molecule has 344 valence electrons. The number of aryl methyl sites for hydroxylation is 2. The lowest BCUT2D eigenvalue weighted by Gasteiger charge is -2.32. The first-order valence-electron chi connectivity index (χ1n) is 19.9. The first kappa shape index (κ1) is 58.9. The zero-order chi connectivity index (χ0) is 47.2. The van der Waals surface area contributed by atoms with Gasteiger partial charge in [0.25, 0.3) is 5.91 Å². The second kappa shape index (κ2) is 32.5. The molecule has 4 rings (SSSR count). The second-order valence-electron chi connectivity index (χ2n) is 13.9. The number of piperazine rings is 1. The van der Waals surface area contributed by atoms with Crippen molar-refractivity contribution >= 4 is 57.5 Å². The molecule has 18 heteroatoms. The Bertz CT molecular complexity index is 1790. The summed E-state index contributed by atoms with van der Waals surface area (Å²) < 4.78 is 37.1. The van der Waals surface area contributed by atoms with Crippen LogP contribution in [0.2, 0.25) is 5.02 Å². The number of methoxy groups -OCH3 is 1. The Morgan fingerprint density at radius 2 is 1.75 bits per heavy atom. The van der Waals surface area contributed by atoms with E-state index in [9.17, 15) is 18.0 Å². The molecule has 2 aromatic rings. The van der Waals surface area contributed by atoms with Crippen molar-refractivity contribution in [2.24, 2.45) is 12.8 Å². The first-order valence-corrected chi connectivity index (χ1v) is 22.8. The van der Waals surface area contributed by atoms with Gasteiger partial charge in [0.05, 0.1) is 36.6 Å². The van der Waals surface area contributed by atoms with E-state index in [2.05, 4.69) is 46.6 Å². The minimum atomic E-state index is -3.12. The number of halogens is 2. The second-order valence-corrected chi connectivity index (χ2v) is 16.3. The van der Waals surface area contributed by atoms with Gasteiger partial charge < -0.3 is 40.7 Å². The van der Waals surface area contributed by atoms with Gasteiger partial charge in [-0.25, -0.2) is 22.5 Å². The third kappa shape index (κ3) is 21.4. The van der Waals surface area contributed by atoms with E-state index in [0.29, 0.717) is 50.5 Å². The molecule has 3 heterocycles. The van der Waals surface area contributed by atoms with Crippen LogP contribution < -0.4 is 16.4 Å². The monoisotopic (exact) mass is 911 g/mol. The van der Waals surface area contributed by atoms with Gasteiger partial charge in [0.1, 0.15) is 11.7 Å². The molecule has 2 aliphatic rings. The Kier molecular flexibility index (Phi) is 31.3. The number of alkyl halides is 1. The fourth-order valence-electron chi connectivity index (χ4n) is 5.85. The van der Waals surface area contributed by atoms with Crippen molar-refractivity contribution in [2.45, 2.75) is 91.4 Å². The number of carbonyl (C=O) groups excluding carboxylic acids is 2. The molecule has 0 bridgehead atoms. The lowest BCUT2D eigenvalue weighted by Crippen LogP contribution is -2.48. The molecule has 15 nitrogen and oxygen atoms in total. The predicted molar refractivity (Wildman–Crippen MR) is 250 cm³/mol. The number of carbonyl (C=O) groups is 2. The number of nitrogens with one attached hydrogen (secondary N) is 3. The van der Waals surface area contributed by atoms with Crippen molar-refractivity contribution in [3.8, 4) is 6.07 Å². The number of nitriles is 1. The van der Waals surface area contributed by atoms with Gasteiger partial charge in [0.2, 0.25) is 10.0 Å². The Balaban J connectivity index is 0. The summed E-state index contributed by atoms with van der Waals surface area (Å²) in [6.45, 7) is 21.4. The number of hydrogen-bond donors (Lipinski definition) is 4. The number of aromatic nitrogens is 2. The Morgan fingerprint density at radius 1 is 1.20 bits per heavy atom. The molecule has 2 fully saturated rings. The van der Waals surface area contributed by atoms with Crippen LogP contribution in [0, 0.1) is 16.7 Å². The number of amides is 2. The van der Waals surface area contributed by atoms with Crippen LogP contribution in [0.1, 0.15) is 90.1 Å². The van der Waals surface area contributed by atoms with Crippen molar-refractivity contribution in [3.63, 3.8) is 0 Å². The van der Waals surface area contributed by atoms with Crippen LogP contribution in [0.4, 0.5) is 4.79 Å². The largest absolute Gasteiger partial charge is 0.446 e. The summed E-state index contributed by atoms with van der Waals surface area (Å²) in [7, 11) is 0.358. The van der Waals surface area contributed by atoms with Crippen molar-refractivity contribution in [2.75, 3.05) is 59.0 Å². The highest BCUT2D eigenvalue weighted by Crippen LogP contribution is 2.35. The van der Waals surface area contributed by atoms with E-state index < -0.39 is 21.7 Å². The normalized spacial score (nSPS) is 15.7. The van der Waals surface area contributed by atoms with Crippen LogP contribution in [-0.4, -0.2) is 117 Å². The van der Waals surface area contributed by atoms with Crippen LogP contribution in [0.25, 0.3) is 5.57 Å². The fraction of sp³-hybridized carbons (Fsp3) is 0.558. The maximum atomic E-state index is 13.2. The molecule has 2 saturated heterocycles. The smallest absolute Gasteiger partial charge is 0.410 e. The summed E-state index contributed by atoms with van der Waals surface area (Å²) in [5, 5.41) is 19.9. The number of nitrogens with two attached hydrogens (primary N) is 1. The molecule has 61 heavy (non-hydrogen) atoms. The number of allylic oxidation sites excluding steroid dienone is 3. The molecular formula is C43H71Cl2N9O6S. The molecule has 2 aliphatic heterocycles. The summed E-state index contributed by atoms with van der Waals surface area (Å²) in [5.74, 6) is -0.173. The number of nitrogens with zero attached hydrogens (tertiary/aromatic N) is 5. The summed E-state index contributed by atoms with van der Waals surface area (Å²) in [6, 6.07) is 7.27. The highest BCUT2D eigenvalue weighted by Gasteiger charge is 2.35. The molecule has 0 aliphatic carbocycles. The summed E-state index contributed by atoms with van der Waals surface area (Å²) in [6.07, 6.45) is 14.5. The molecule has 0 spiro atoms. The average Bonchev–Trinajstić information content (AvgIpc) is 3.70. The third-order valence-electron chi connectivity index (χ3n) is 9.56. The predicted octanol–water partition coefficient (Wildman–Crippen LogP) is 7.24. The van der Waals surface area contributed by atoms with Gasteiger partial charge in [0, 0.05) is 71.8 Å². The summed E-state index contributed by atoms with van der Waals surface area (Å²) in [4.78, 5) is 31.1. The van der Waals surface area contributed by atoms with Gasteiger partial charge in [-0.3, -0.25) is 4.79 Å². The number of sulfonamides is 1. The fourth-order valence-corrected chi connectivity index (χ4v) is 6.89. The number of benzene rings is 1. The minimum Gasteiger partial charge on any atom is -0.446 e. The molecule has 0 saturated carbocycles. The highest BCUT2D eigenvalue weighted by molar-refractivity contribution is 7.88. The Labute approximate surface area is 375 Å². The lowest BCUT2D eigenvalue weighted by molar-refractivity contribution is -0.142. The van der Waals surface area contributed by atoms with Gasteiger partial charge in [0.15, 0.2) is 0 Å². The first-order chi connectivity index (χ1) is 29.0. The maximum absolute atomic E-state index is 13.2. The highest BCUT2D eigenvalue weighted by atomic mass is 35.5. The number of imidazole rings is 1. The molecular weight excluding hydrogens is 842 g/mol. The zero-order valence-electron chi connectivity index (χ0n) is 37.9. The standard InChI is InChI=1S/C25H34ClN3O2.C11H21N3O4S.C3H7N.C2H3N.CH3Cl.CH3N/c1-8-20(21-14-19(26)13-12-18(21)11-10-17(3)4)23(22-15-27-16-29(22)6)28-24(30)25(5,9-2)31-7;1-19(16,17)14-6-2-10(3-7-14)18-11(15)13-8-4-12-5-9-13;1-2-3-4;1-2-3;2*1-2/h8,12-16,23H,3,9-11H2,1-2,4-7H3,(H,28,30);10,12H,2-9H2,1H3;2-3H,4H2,1H3;1H3;1H3;2H,1H2/b20-8+;;3-2-;;;/t23-,25?;;;;;/m1...../s1. The zero-order valence-corrected chi connectivity index (χ0v) is 40.2. The van der Waals surface area contributed by atoms with E-state index in [1.165, 1.54) is 30.1 Å². The number of piperidine rings is 1. The van der Waals surface area contributed by atoms with Crippen LogP contribution >= 0.6 is 23.2 Å². The van der Waals surface area contributed by atoms with Crippen molar-refractivity contribution < 1.29 is 27.5 Å². The van der Waals surface area contributed by atoms with E-state index in [1.807, 2.05) is 57.5 Å². The van der Waals surface area contributed by atoms with E-state index in [0.717, 1.165) is 53.9 Å². The van der Waals surface area contributed by atoms with Crippen LogP contribution in [-0.2, 0) is 37.8 Å². The van der Waals surface area contributed by atoms with Crippen LogP contribution in [0.15, 0.2) is 61.2 Å². The SMILES string of the molecule is C/C=C\N.C=C(C)CCc1ccc(Cl)cc1/C(=C\C)[C@@H](NC(=O)C(C)(CC)OC)c1cncn1C.C=N.CC#N.CCl.CS(=O)(=O)N1CCC(OC(=O)N2CCNCC2)CC1. The molecule has 2 amide bonds. The van der Waals surface area contributed by atoms with Crippen molar-refractivity contribution in [1.29, 1.82) is 10.7 Å². The Morgan fingerprint density at radius 3 is 2.18 bits per heavy atom. The van der Waals surface area contributed by atoms with Gasteiger partial charge in [-0.15, -0.1) is 18.2 Å². The van der Waals surface area contributed by atoms with Gasteiger partial charge >= 0.3 is 6.09 Å². The molecule has 5 N–H and O–H groups in total. The molecule has 0 radical (unpaired) electrons. The average molecular weight is 913 g/mol. The number of ether oxygens (including phenoxy) is 2. The summed E-state index contributed by atoms with van der Waals surface area (Å²) >= 11 is 11.0. The summed E-state index contributed by atoms with van der Waals surface area (Å²) in [5.41, 5.74) is 9.06. The molecule has 2 atom stereocenters. The lowest BCUT2D eigenvalue weighted by atomic mass is 9.89. The van der Waals surface area contributed by atoms with E-state index in [1.54, 1.807) is 43.6 Å². The van der Waals surface area contributed by atoms with Crippen LogP contribution in [0.5, 0.6) is 0 Å². The van der Waals surface area contributed by atoms with E-state index in [-0.39, 0.29) is 18.1 Å². The molecule has 1 unspecified atom stereocenters. The van der Waals surface area contributed by atoms with Gasteiger partial charge in [-0.2, -0.15) is 5.26 Å². The minimum absolute atomic E-state index is 0.166. The van der Waals surface area contributed by atoms with E-state index in [4.69, 9.17) is 37.5 Å². The Hall–Kier alpha value is -4.24. The van der Waals surface area contributed by atoms with Gasteiger partial charge in [-0.1, -0.05) is 42.3 Å². The number of hydrogen-bond acceptors (Lipinski definition) is 11. The number of rotatable bonds is 12. The maximum Gasteiger partial charge on any atom is 0.410 e. The van der Waals surface area contributed by atoms with E-state index >= 15 is 0 Å².